The lowest BCUT2D eigenvalue weighted by Crippen LogP contribution is -2.17. The van der Waals surface area contributed by atoms with Crippen LogP contribution >= 0.6 is 0 Å². The van der Waals surface area contributed by atoms with E-state index in [4.69, 9.17) is 5.73 Å². The van der Waals surface area contributed by atoms with Crippen molar-refractivity contribution in [2.75, 3.05) is 10.5 Å². The number of aryl methyl sites for hydroxylation is 3. The van der Waals surface area contributed by atoms with Crippen LogP contribution in [0.4, 0.5) is 11.6 Å². The number of anilines is 2. The lowest BCUT2D eigenvalue weighted by molar-refractivity contribution is 0.600. The van der Waals surface area contributed by atoms with Gasteiger partial charge in [-0.15, -0.1) is 0 Å². The van der Waals surface area contributed by atoms with Gasteiger partial charge in [0.25, 0.3) is 10.0 Å². The summed E-state index contributed by atoms with van der Waals surface area (Å²) in [5, 5.41) is 0. The molecule has 2 rings (SSSR count). The predicted octanol–water partition coefficient (Wildman–Crippen LogP) is 2.09. The Hall–Kier alpha value is -2.15. The van der Waals surface area contributed by atoms with Crippen molar-refractivity contribution >= 4 is 21.7 Å². The summed E-state index contributed by atoms with van der Waals surface area (Å²) >= 11 is 0. The third-order valence-electron chi connectivity index (χ3n) is 3.04. The quantitative estimate of drug-likeness (QED) is 0.846. The molecule has 0 atom stereocenters. The first kappa shape index (κ1) is 15.2. The van der Waals surface area contributed by atoms with Crippen molar-refractivity contribution in [1.29, 1.82) is 0 Å². The molecule has 0 aliphatic heterocycles. The Kier molecular flexibility index (Phi) is 3.87. The Morgan fingerprint density at radius 2 is 1.57 bits per heavy atom. The second kappa shape index (κ2) is 5.33. The van der Waals surface area contributed by atoms with Gasteiger partial charge in [-0.3, -0.25) is 0 Å². The molecule has 1 aromatic carbocycles. The highest BCUT2D eigenvalue weighted by Crippen LogP contribution is 2.24. The molecule has 0 saturated carbocycles. The molecule has 21 heavy (non-hydrogen) atoms. The van der Waals surface area contributed by atoms with Crippen molar-refractivity contribution in [1.82, 2.24) is 9.97 Å². The molecule has 0 saturated heterocycles. The van der Waals surface area contributed by atoms with Crippen molar-refractivity contribution in [2.24, 2.45) is 0 Å². The van der Waals surface area contributed by atoms with Crippen LogP contribution in [0.3, 0.4) is 0 Å². The highest BCUT2D eigenvalue weighted by Gasteiger charge is 2.20. The standard InChI is InChI=1S/C14H18N4O2S/c1-8-5-12(15)11(4)13(6-8)21(19,20)18-14-16-9(2)7-10(3)17-14/h5-7H,15H2,1-4H3,(H,16,17,18). The molecule has 0 aliphatic carbocycles. The molecule has 2 aromatic rings. The molecular formula is C14H18N4O2S. The monoisotopic (exact) mass is 306 g/mol. The first-order chi connectivity index (χ1) is 9.69. The zero-order chi connectivity index (χ0) is 15.8. The lowest BCUT2D eigenvalue weighted by Gasteiger charge is -2.12. The van der Waals surface area contributed by atoms with Crippen molar-refractivity contribution in [3.63, 3.8) is 0 Å². The second-order valence-electron chi connectivity index (χ2n) is 5.06. The minimum atomic E-state index is -3.78. The second-order valence-corrected chi connectivity index (χ2v) is 6.71. The molecule has 1 aromatic heterocycles. The zero-order valence-corrected chi connectivity index (χ0v) is 13.2. The van der Waals surface area contributed by atoms with Gasteiger partial charge in [0, 0.05) is 17.1 Å². The summed E-state index contributed by atoms with van der Waals surface area (Å²) in [4.78, 5) is 8.31. The van der Waals surface area contributed by atoms with Gasteiger partial charge in [-0.1, -0.05) is 0 Å². The summed E-state index contributed by atoms with van der Waals surface area (Å²) < 4.78 is 27.4. The van der Waals surface area contributed by atoms with Crippen molar-refractivity contribution in [3.8, 4) is 0 Å². The average molecular weight is 306 g/mol. The van der Waals surface area contributed by atoms with Gasteiger partial charge in [-0.25, -0.2) is 23.1 Å². The number of nitrogens with zero attached hydrogens (tertiary/aromatic N) is 2. The first-order valence-corrected chi connectivity index (χ1v) is 7.89. The molecular weight excluding hydrogens is 288 g/mol. The van der Waals surface area contributed by atoms with Crippen molar-refractivity contribution in [3.05, 3.63) is 40.7 Å². The number of benzene rings is 1. The number of nitrogen functional groups attached to an aromatic ring is 1. The number of rotatable bonds is 3. The summed E-state index contributed by atoms with van der Waals surface area (Å²) in [7, 11) is -3.78. The molecule has 0 unspecified atom stereocenters. The number of sulfonamides is 1. The third-order valence-corrected chi connectivity index (χ3v) is 4.50. The van der Waals surface area contributed by atoms with Crippen LogP contribution < -0.4 is 10.5 Å². The number of aromatic nitrogens is 2. The zero-order valence-electron chi connectivity index (χ0n) is 12.4. The molecule has 1 heterocycles. The third kappa shape index (κ3) is 3.30. The molecule has 0 spiro atoms. The Morgan fingerprint density at radius 1 is 1.00 bits per heavy atom. The molecule has 0 amide bonds. The van der Waals surface area contributed by atoms with E-state index >= 15 is 0 Å². The SMILES string of the molecule is Cc1cc(N)c(C)c(S(=O)(=O)Nc2nc(C)cc(C)n2)c1. The average Bonchev–Trinajstić information content (AvgIpc) is 2.31. The van der Waals surface area contributed by atoms with Crippen LogP contribution in [0.5, 0.6) is 0 Å². The van der Waals surface area contributed by atoms with E-state index in [2.05, 4.69) is 14.7 Å². The summed E-state index contributed by atoms with van der Waals surface area (Å²) in [5.74, 6) is 0.0620. The summed E-state index contributed by atoms with van der Waals surface area (Å²) in [6, 6.07) is 5.09. The fraction of sp³-hybridized carbons (Fsp3) is 0.286. The maximum Gasteiger partial charge on any atom is 0.264 e. The highest BCUT2D eigenvalue weighted by molar-refractivity contribution is 7.92. The van der Waals surface area contributed by atoms with Crippen LogP contribution in [-0.2, 0) is 10.0 Å². The number of nitrogens with two attached hydrogens (primary N) is 1. The first-order valence-electron chi connectivity index (χ1n) is 6.41. The molecule has 0 aliphatic rings. The fourth-order valence-corrected chi connectivity index (χ4v) is 3.38. The number of nitrogens with one attached hydrogen (secondary N) is 1. The van der Waals surface area contributed by atoms with Gasteiger partial charge in [-0.2, -0.15) is 0 Å². The highest BCUT2D eigenvalue weighted by atomic mass is 32.2. The fourth-order valence-electron chi connectivity index (χ4n) is 2.08. The number of hydrogen-bond acceptors (Lipinski definition) is 5. The normalized spacial score (nSPS) is 11.4. The van der Waals surface area contributed by atoms with E-state index in [-0.39, 0.29) is 10.8 Å². The minimum Gasteiger partial charge on any atom is -0.398 e. The van der Waals surface area contributed by atoms with E-state index in [1.54, 1.807) is 45.9 Å². The van der Waals surface area contributed by atoms with E-state index in [0.29, 0.717) is 22.6 Å². The molecule has 0 radical (unpaired) electrons. The van der Waals surface area contributed by atoms with Gasteiger partial charge in [0.05, 0.1) is 4.90 Å². The van der Waals surface area contributed by atoms with Crippen molar-refractivity contribution < 1.29 is 8.42 Å². The van der Waals surface area contributed by atoms with Crippen LogP contribution in [0.25, 0.3) is 0 Å². The van der Waals surface area contributed by atoms with Crippen LogP contribution in [0.15, 0.2) is 23.1 Å². The molecule has 0 fully saturated rings. The summed E-state index contributed by atoms with van der Waals surface area (Å²) in [6.45, 7) is 7.03. The summed E-state index contributed by atoms with van der Waals surface area (Å²) in [5.41, 5.74) is 8.96. The van der Waals surface area contributed by atoms with Gasteiger partial charge in [0.2, 0.25) is 5.95 Å². The number of hydrogen-bond donors (Lipinski definition) is 2. The molecule has 6 nitrogen and oxygen atoms in total. The lowest BCUT2D eigenvalue weighted by atomic mass is 10.1. The molecule has 0 bridgehead atoms. The maximum atomic E-state index is 12.5. The maximum absolute atomic E-state index is 12.5. The molecule has 7 heteroatoms. The Balaban J connectivity index is 2.48. The van der Waals surface area contributed by atoms with E-state index in [1.165, 1.54) is 0 Å². The van der Waals surface area contributed by atoms with Gasteiger partial charge in [0.1, 0.15) is 0 Å². The van der Waals surface area contributed by atoms with Gasteiger partial charge in [-0.05, 0) is 57.0 Å². The van der Waals surface area contributed by atoms with Crippen molar-refractivity contribution in [2.45, 2.75) is 32.6 Å². The Labute approximate surface area is 124 Å². The minimum absolute atomic E-state index is 0.0620. The van der Waals surface area contributed by atoms with E-state index in [1.807, 2.05) is 0 Å². The van der Waals surface area contributed by atoms with Gasteiger partial charge >= 0.3 is 0 Å². The van der Waals surface area contributed by atoms with Crippen LogP contribution in [0.2, 0.25) is 0 Å². The molecule has 3 N–H and O–H groups in total. The molecule has 112 valence electrons. The van der Waals surface area contributed by atoms with Gasteiger partial charge < -0.3 is 5.73 Å². The van der Waals surface area contributed by atoms with Crippen LogP contribution in [0, 0.1) is 27.7 Å². The Morgan fingerprint density at radius 3 is 2.14 bits per heavy atom. The smallest absolute Gasteiger partial charge is 0.264 e. The predicted molar refractivity (Wildman–Crippen MR) is 82.6 cm³/mol. The van der Waals surface area contributed by atoms with Crippen LogP contribution in [0.1, 0.15) is 22.5 Å². The van der Waals surface area contributed by atoms with Crippen LogP contribution in [-0.4, -0.2) is 18.4 Å². The summed E-state index contributed by atoms with van der Waals surface area (Å²) in [6.07, 6.45) is 0. The topological polar surface area (TPSA) is 98.0 Å². The van der Waals surface area contributed by atoms with E-state index in [0.717, 1.165) is 5.56 Å². The van der Waals surface area contributed by atoms with E-state index < -0.39 is 10.0 Å². The van der Waals surface area contributed by atoms with E-state index in [9.17, 15) is 8.42 Å². The largest absolute Gasteiger partial charge is 0.398 e. The van der Waals surface area contributed by atoms with Gasteiger partial charge in [0.15, 0.2) is 0 Å². The Bertz CT molecular complexity index is 781.